The van der Waals surface area contributed by atoms with E-state index in [-0.39, 0.29) is 17.4 Å². The van der Waals surface area contributed by atoms with Crippen molar-refractivity contribution in [2.45, 2.75) is 39.7 Å². The molecule has 0 aliphatic rings. The Morgan fingerprint density at radius 3 is 2.07 bits per heavy atom. The smallest absolute Gasteiger partial charge is 0.104 e. The first-order valence-corrected chi connectivity index (χ1v) is 5.32. The van der Waals surface area contributed by atoms with Crippen LogP contribution in [0, 0.1) is 5.41 Å². The number of hydrogen-bond donors (Lipinski definition) is 1. The molecule has 0 aliphatic heterocycles. The maximum Gasteiger partial charge on any atom is 0.104 e. The maximum atomic E-state index is 8.99. The summed E-state index contributed by atoms with van der Waals surface area (Å²) < 4.78 is 0. The second kappa shape index (κ2) is 4.77. The van der Waals surface area contributed by atoms with E-state index in [4.69, 9.17) is 5.26 Å². The maximum absolute atomic E-state index is 8.99. The summed E-state index contributed by atoms with van der Waals surface area (Å²) in [6.45, 7) is 8.26. The predicted octanol–water partition coefficient (Wildman–Crippen LogP) is 3.69. The minimum Gasteiger partial charge on any atom is -0.251 e. The first-order chi connectivity index (χ1) is 6.96. The SMILES string of the molecule is CC(c1ccccc1)C(OO)C(C)(C)C. The van der Waals surface area contributed by atoms with Crippen LogP contribution in [0.4, 0.5) is 0 Å². The normalized spacial score (nSPS) is 16.1. The monoisotopic (exact) mass is 208 g/mol. The fourth-order valence-electron chi connectivity index (χ4n) is 1.93. The molecule has 1 rings (SSSR count). The van der Waals surface area contributed by atoms with Gasteiger partial charge in [0.2, 0.25) is 0 Å². The van der Waals surface area contributed by atoms with Gasteiger partial charge in [-0.1, -0.05) is 58.0 Å². The fourth-order valence-corrected chi connectivity index (χ4v) is 1.93. The van der Waals surface area contributed by atoms with Gasteiger partial charge in [-0.3, -0.25) is 5.26 Å². The fraction of sp³-hybridized carbons (Fsp3) is 0.538. The number of hydrogen-bond acceptors (Lipinski definition) is 2. The van der Waals surface area contributed by atoms with Crippen LogP contribution in [0.1, 0.15) is 39.2 Å². The molecule has 1 N–H and O–H groups in total. The Bertz CT molecular complexity index is 287. The quantitative estimate of drug-likeness (QED) is 0.606. The molecule has 15 heavy (non-hydrogen) atoms. The molecular weight excluding hydrogens is 188 g/mol. The van der Waals surface area contributed by atoms with E-state index < -0.39 is 0 Å². The molecule has 0 heterocycles. The predicted molar refractivity (Wildman–Crippen MR) is 61.8 cm³/mol. The Labute approximate surface area is 91.8 Å². The van der Waals surface area contributed by atoms with Crippen LogP contribution < -0.4 is 0 Å². The molecule has 2 heteroatoms. The van der Waals surface area contributed by atoms with Crippen molar-refractivity contribution in [1.29, 1.82) is 0 Å². The summed E-state index contributed by atoms with van der Waals surface area (Å²) in [4.78, 5) is 4.63. The van der Waals surface area contributed by atoms with Gasteiger partial charge in [-0.2, -0.15) is 0 Å². The summed E-state index contributed by atoms with van der Waals surface area (Å²) in [5.41, 5.74) is 1.11. The Kier molecular flexibility index (Phi) is 3.89. The Balaban J connectivity index is 2.88. The van der Waals surface area contributed by atoms with Crippen molar-refractivity contribution in [3.63, 3.8) is 0 Å². The van der Waals surface area contributed by atoms with Gasteiger partial charge in [-0.15, -0.1) is 0 Å². The van der Waals surface area contributed by atoms with Crippen molar-refractivity contribution in [3.05, 3.63) is 35.9 Å². The van der Waals surface area contributed by atoms with Crippen molar-refractivity contribution >= 4 is 0 Å². The lowest BCUT2D eigenvalue weighted by molar-refractivity contribution is -0.304. The van der Waals surface area contributed by atoms with Gasteiger partial charge in [0.05, 0.1) is 0 Å². The van der Waals surface area contributed by atoms with E-state index in [9.17, 15) is 0 Å². The van der Waals surface area contributed by atoms with Gasteiger partial charge in [0.1, 0.15) is 6.10 Å². The average Bonchev–Trinajstić information content (AvgIpc) is 2.18. The van der Waals surface area contributed by atoms with E-state index >= 15 is 0 Å². The Hall–Kier alpha value is -0.860. The van der Waals surface area contributed by atoms with Crippen LogP contribution in [0.5, 0.6) is 0 Å². The molecule has 2 nitrogen and oxygen atoms in total. The molecule has 0 aromatic heterocycles. The standard InChI is InChI=1S/C13H20O2/c1-10(11-8-6-5-7-9-11)12(15-14)13(2,3)4/h5-10,12,14H,1-4H3. The first kappa shape index (κ1) is 12.2. The van der Waals surface area contributed by atoms with Crippen LogP contribution in [-0.2, 0) is 4.89 Å². The van der Waals surface area contributed by atoms with E-state index in [0.717, 1.165) is 0 Å². The molecule has 0 saturated heterocycles. The topological polar surface area (TPSA) is 29.5 Å². The highest BCUT2D eigenvalue weighted by atomic mass is 17.1. The van der Waals surface area contributed by atoms with Crippen molar-refractivity contribution in [1.82, 2.24) is 0 Å². The molecule has 1 aromatic carbocycles. The second-order valence-corrected chi connectivity index (χ2v) is 5.09. The van der Waals surface area contributed by atoms with E-state index in [2.05, 4.69) is 44.7 Å². The molecule has 2 unspecified atom stereocenters. The van der Waals surface area contributed by atoms with Crippen molar-refractivity contribution in [2.24, 2.45) is 5.41 Å². The lowest BCUT2D eigenvalue weighted by Gasteiger charge is -2.32. The zero-order valence-electron chi connectivity index (χ0n) is 9.90. The molecule has 0 amide bonds. The average molecular weight is 208 g/mol. The molecule has 0 fully saturated rings. The Morgan fingerprint density at radius 2 is 1.67 bits per heavy atom. The van der Waals surface area contributed by atoms with E-state index in [1.165, 1.54) is 5.56 Å². The zero-order valence-corrected chi connectivity index (χ0v) is 9.90. The minimum atomic E-state index is -0.195. The molecule has 0 spiro atoms. The van der Waals surface area contributed by atoms with E-state index in [1.54, 1.807) is 0 Å². The van der Waals surface area contributed by atoms with Crippen molar-refractivity contribution in [2.75, 3.05) is 0 Å². The van der Waals surface area contributed by atoms with Crippen molar-refractivity contribution in [3.8, 4) is 0 Å². The van der Waals surface area contributed by atoms with E-state index in [0.29, 0.717) is 0 Å². The minimum absolute atomic E-state index is 0.0794. The molecule has 1 aromatic rings. The van der Waals surface area contributed by atoms with Crippen LogP contribution in [0.3, 0.4) is 0 Å². The third kappa shape index (κ3) is 3.05. The van der Waals surface area contributed by atoms with Gasteiger partial charge in [-0.05, 0) is 11.0 Å². The third-order valence-electron chi connectivity index (χ3n) is 2.75. The molecule has 0 aliphatic carbocycles. The van der Waals surface area contributed by atoms with Crippen LogP contribution in [0.2, 0.25) is 0 Å². The van der Waals surface area contributed by atoms with Gasteiger partial charge in [0.25, 0.3) is 0 Å². The molecule has 0 saturated carbocycles. The van der Waals surface area contributed by atoms with Crippen LogP contribution in [0.25, 0.3) is 0 Å². The number of rotatable bonds is 3. The van der Waals surface area contributed by atoms with Gasteiger partial charge in [0, 0.05) is 5.92 Å². The summed E-state index contributed by atoms with van der Waals surface area (Å²) in [7, 11) is 0. The van der Waals surface area contributed by atoms with Gasteiger partial charge < -0.3 is 0 Å². The van der Waals surface area contributed by atoms with E-state index in [1.807, 2.05) is 18.2 Å². The highest BCUT2D eigenvalue weighted by Crippen LogP contribution is 2.33. The number of benzene rings is 1. The molecule has 0 radical (unpaired) electrons. The third-order valence-corrected chi connectivity index (χ3v) is 2.75. The van der Waals surface area contributed by atoms with Crippen LogP contribution in [0.15, 0.2) is 30.3 Å². The highest BCUT2D eigenvalue weighted by Gasteiger charge is 2.31. The summed E-state index contributed by atoms with van der Waals surface area (Å²) in [6, 6.07) is 10.1. The molecule has 2 atom stereocenters. The Morgan fingerprint density at radius 1 is 1.13 bits per heavy atom. The summed E-state index contributed by atoms with van der Waals surface area (Å²) >= 11 is 0. The highest BCUT2D eigenvalue weighted by molar-refractivity contribution is 5.20. The molecule has 84 valence electrons. The van der Waals surface area contributed by atoms with Crippen LogP contribution in [-0.4, -0.2) is 11.4 Å². The van der Waals surface area contributed by atoms with Crippen molar-refractivity contribution < 1.29 is 10.1 Å². The van der Waals surface area contributed by atoms with Gasteiger partial charge in [0.15, 0.2) is 0 Å². The zero-order chi connectivity index (χ0) is 11.5. The molecular formula is C13H20O2. The lowest BCUT2D eigenvalue weighted by atomic mass is 9.79. The summed E-state index contributed by atoms with van der Waals surface area (Å²) in [6.07, 6.45) is -0.195. The van der Waals surface area contributed by atoms with Gasteiger partial charge >= 0.3 is 0 Å². The second-order valence-electron chi connectivity index (χ2n) is 5.09. The summed E-state index contributed by atoms with van der Waals surface area (Å²) in [5, 5.41) is 8.99. The van der Waals surface area contributed by atoms with Gasteiger partial charge in [-0.25, -0.2) is 4.89 Å². The lowest BCUT2D eigenvalue weighted by Crippen LogP contribution is -2.33. The largest absolute Gasteiger partial charge is 0.251 e. The summed E-state index contributed by atoms with van der Waals surface area (Å²) in [5.74, 6) is 0.177. The molecule has 0 bridgehead atoms. The van der Waals surface area contributed by atoms with Crippen LogP contribution >= 0.6 is 0 Å². The first-order valence-electron chi connectivity index (χ1n) is 5.32.